The van der Waals surface area contributed by atoms with Crippen molar-refractivity contribution in [2.45, 2.75) is 380 Å². The quantitative estimate of drug-likeness (QED) is 0.0205. The number of likely N-dealkylation sites (N-methyl/N-ethyl adjacent to an activating group) is 1. The highest BCUT2D eigenvalue weighted by molar-refractivity contribution is 7.47. The van der Waals surface area contributed by atoms with Crippen molar-refractivity contribution < 1.29 is 37.3 Å². The molecule has 3 atom stereocenters. The zero-order chi connectivity index (χ0) is 60.7. The first kappa shape index (κ1) is 81.2. The minimum Gasteiger partial charge on any atom is -0.456 e. The van der Waals surface area contributed by atoms with Gasteiger partial charge >= 0.3 is 13.8 Å². The van der Waals surface area contributed by atoms with Gasteiger partial charge in [0, 0.05) is 12.8 Å². The van der Waals surface area contributed by atoms with Crippen LogP contribution in [0.1, 0.15) is 367 Å². The Labute approximate surface area is 516 Å². The number of ether oxygens (including phenoxy) is 1. The molecule has 3 unspecified atom stereocenters. The third-order valence-electron chi connectivity index (χ3n) is 16.6. The van der Waals surface area contributed by atoms with Crippen molar-refractivity contribution in [3.63, 3.8) is 0 Å². The molecule has 0 aliphatic heterocycles. The minimum atomic E-state index is -4.45. The number of amides is 1. The molecule has 490 valence electrons. The molecule has 0 saturated heterocycles. The normalized spacial score (nSPS) is 13.7. The highest BCUT2D eigenvalue weighted by Gasteiger charge is 2.30. The molecule has 0 saturated carbocycles. The van der Waals surface area contributed by atoms with Crippen LogP contribution in [-0.4, -0.2) is 74.3 Å². The lowest BCUT2D eigenvalue weighted by molar-refractivity contribution is -0.870. The van der Waals surface area contributed by atoms with Crippen LogP contribution in [0.3, 0.4) is 0 Å². The van der Waals surface area contributed by atoms with Gasteiger partial charge in [0.25, 0.3) is 0 Å². The Bertz CT molecular complexity index is 1510. The van der Waals surface area contributed by atoms with E-state index in [1.807, 2.05) is 33.3 Å². The number of phosphoric acid groups is 1. The lowest BCUT2D eigenvalue weighted by Gasteiger charge is -2.27. The van der Waals surface area contributed by atoms with Gasteiger partial charge in [0.15, 0.2) is 0 Å². The van der Waals surface area contributed by atoms with Crippen molar-refractivity contribution in [2.75, 3.05) is 40.9 Å². The number of carbonyl (C=O) groups excluding carboxylic acids is 2. The number of rotatable bonds is 67. The van der Waals surface area contributed by atoms with E-state index in [9.17, 15) is 19.0 Å². The lowest BCUT2D eigenvalue weighted by atomic mass is 10.0. The first-order valence-electron chi connectivity index (χ1n) is 36.3. The standard InChI is InChI=1S/C73H141N2O7P/c1-7-10-13-16-19-22-25-27-29-31-33-34-35-36-37-38-39-40-42-43-45-47-50-53-56-59-62-65-72(76)74-70(69-81-83(78,79)80-68-67-75(4,5)6)71(64-61-58-55-52-49-24-21-18-15-12-9-3)82-73(77)66-63-60-57-54-51-48-46-44-41-32-30-28-26-23-20-17-14-11-8-2/h27-30,61,64,70-71H,7-26,31-60,62-63,65-69H2,1-6H3,(H-,74,76,78,79)/p+1/b29-27+,30-28+,64-61-. The topological polar surface area (TPSA) is 111 Å². The number of esters is 1. The van der Waals surface area contributed by atoms with E-state index in [-0.39, 0.29) is 25.1 Å². The Balaban J connectivity index is 4.94. The average molecular weight is 1190 g/mol. The molecule has 0 heterocycles. The number of hydrogen-bond donors (Lipinski definition) is 2. The number of nitrogens with one attached hydrogen (secondary N) is 1. The molecule has 0 radical (unpaired) electrons. The summed E-state index contributed by atoms with van der Waals surface area (Å²) in [6.07, 6.45) is 78.8. The van der Waals surface area contributed by atoms with Gasteiger partial charge in [0.2, 0.25) is 5.91 Å². The second-order valence-electron chi connectivity index (χ2n) is 26.1. The van der Waals surface area contributed by atoms with Crippen molar-refractivity contribution >= 4 is 19.7 Å². The summed E-state index contributed by atoms with van der Waals surface area (Å²) < 4.78 is 30.8. The van der Waals surface area contributed by atoms with Gasteiger partial charge in [-0.25, -0.2) is 4.57 Å². The van der Waals surface area contributed by atoms with Crippen LogP contribution in [0.25, 0.3) is 0 Å². The summed E-state index contributed by atoms with van der Waals surface area (Å²) in [7, 11) is 1.51. The maximum absolute atomic E-state index is 13.6. The van der Waals surface area contributed by atoms with E-state index in [4.69, 9.17) is 13.8 Å². The van der Waals surface area contributed by atoms with Crippen LogP contribution in [0.2, 0.25) is 0 Å². The van der Waals surface area contributed by atoms with Crippen LogP contribution >= 0.6 is 7.82 Å². The number of quaternary nitrogens is 1. The van der Waals surface area contributed by atoms with Crippen molar-refractivity contribution in [3.8, 4) is 0 Å². The largest absolute Gasteiger partial charge is 0.472 e. The predicted molar refractivity (Wildman–Crippen MR) is 360 cm³/mol. The van der Waals surface area contributed by atoms with Gasteiger partial charge in [-0.2, -0.15) is 0 Å². The van der Waals surface area contributed by atoms with Crippen molar-refractivity contribution in [2.24, 2.45) is 0 Å². The third-order valence-corrected chi connectivity index (χ3v) is 17.5. The van der Waals surface area contributed by atoms with Crippen molar-refractivity contribution in [1.29, 1.82) is 0 Å². The van der Waals surface area contributed by atoms with Crippen LogP contribution in [0, 0.1) is 0 Å². The average Bonchev–Trinajstić information content (AvgIpc) is 3.51. The number of hydrogen-bond acceptors (Lipinski definition) is 6. The summed E-state index contributed by atoms with van der Waals surface area (Å²) in [5.74, 6) is -0.489. The molecule has 0 fully saturated rings. The van der Waals surface area contributed by atoms with Gasteiger partial charge in [0.05, 0.1) is 33.8 Å². The predicted octanol–water partition coefficient (Wildman–Crippen LogP) is 23.0. The van der Waals surface area contributed by atoms with Crippen LogP contribution in [0.4, 0.5) is 0 Å². The van der Waals surface area contributed by atoms with Gasteiger partial charge < -0.3 is 19.4 Å². The Morgan fingerprint density at radius 1 is 0.410 bits per heavy atom. The summed E-state index contributed by atoms with van der Waals surface area (Å²) in [5, 5.41) is 3.08. The molecule has 83 heavy (non-hydrogen) atoms. The highest BCUT2D eigenvalue weighted by Crippen LogP contribution is 2.43. The van der Waals surface area contributed by atoms with Crippen LogP contribution in [0.15, 0.2) is 36.5 Å². The molecule has 0 aromatic carbocycles. The third kappa shape index (κ3) is 64.5. The molecule has 0 aliphatic carbocycles. The van der Waals surface area contributed by atoms with Crippen LogP contribution in [-0.2, 0) is 27.9 Å². The Kier molecular flexibility index (Phi) is 61.9. The molecule has 1 amide bonds. The summed E-state index contributed by atoms with van der Waals surface area (Å²) in [5.41, 5.74) is 0. The molecule has 0 aromatic rings. The van der Waals surface area contributed by atoms with E-state index in [2.05, 4.69) is 50.4 Å². The van der Waals surface area contributed by atoms with E-state index in [0.717, 1.165) is 57.8 Å². The van der Waals surface area contributed by atoms with E-state index < -0.39 is 20.0 Å². The zero-order valence-electron chi connectivity index (χ0n) is 56.2. The number of nitrogens with zero attached hydrogens (tertiary/aromatic N) is 1. The SMILES string of the molecule is CCCCCCCC/C=C/CCCCCCCCCCCCCCCCCCCC(=O)NC(COP(=O)(O)OCC[N+](C)(C)C)C(/C=C\CCCCCCCCCCC)OC(=O)CCCCCCCCCCC/C=C/CCCCCCCC. The molecule has 10 heteroatoms. The molecule has 9 nitrogen and oxygen atoms in total. The van der Waals surface area contributed by atoms with Crippen molar-refractivity contribution in [3.05, 3.63) is 36.5 Å². The monoisotopic (exact) mass is 1190 g/mol. The van der Waals surface area contributed by atoms with Gasteiger partial charge in [-0.1, -0.05) is 308 Å². The Morgan fingerprint density at radius 3 is 1.02 bits per heavy atom. The van der Waals surface area contributed by atoms with E-state index in [1.54, 1.807) is 0 Å². The first-order valence-corrected chi connectivity index (χ1v) is 37.8. The molecule has 0 aliphatic rings. The highest BCUT2D eigenvalue weighted by atomic mass is 31.2. The van der Waals surface area contributed by atoms with E-state index in [1.165, 1.54) is 276 Å². The van der Waals surface area contributed by atoms with Gasteiger partial charge in [-0.3, -0.25) is 18.6 Å². The molecule has 0 aromatic heterocycles. The summed E-state index contributed by atoms with van der Waals surface area (Å²) >= 11 is 0. The summed E-state index contributed by atoms with van der Waals surface area (Å²) in [6.45, 7) is 7.06. The fraction of sp³-hybridized carbons (Fsp3) is 0.890. The second kappa shape index (κ2) is 63.3. The second-order valence-corrected chi connectivity index (χ2v) is 27.6. The van der Waals surface area contributed by atoms with Gasteiger partial charge in [-0.05, 0) is 83.1 Å². The molecule has 0 rings (SSSR count). The van der Waals surface area contributed by atoms with Crippen LogP contribution < -0.4 is 5.32 Å². The first-order chi connectivity index (χ1) is 40.4. The number of allylic oxidation sites excluding steroid dienone is 5. The van der Waals surface area contributed by atoms with E-state index in [0.29, 0.717) is 23.9 Å². The smallest absolute Gasteiger partial charge is 0.456 e. The lowest BCUT2D eigenvalue weighted by Crippen LogP contribution is -2.47. The van der Waals surface area contributed by atoms with Crippen LogP contribution in [0.5, 0.6) is 0 Å². The Morgan fingerprint density at radius 2 is 0.699 bits per heavy atom. The summed E-state index contributed by atoms with van der Waals surface area (Å²) in [4.78, 5) is 37.9. The zero-order valence-corrected chi connectivity index (χ0v) is 57.1. The Hall–Kier alpha value is -1.77. The molecule has 2 N–H and O–H groups in total. The molecule has 0 bridgehead atoms. The maximum atomic E-state index is 13.6. The number of carbonyl (C=O) groups is 2. The van der Waals surface area contributed by atoms with E-state index >= 15 is 0 Å². The van der Waals surface area contributed by atoms with Gasteiger partial charge in [-0.15, -0.1) is 0 Å². The minimum absolute atomic E-state index is 0.0427. The molecular formula is C73H142N2O7P+. The molecular weight excluding hydrogens is 1050 g/mol. The fourth-order valence-corrected chi connectivity index (χ4v) is 11.7. The maximum Gasteiger partial charge on any atom is 0.472 e. The molecule has 0 spiro atoms. The fourth-order valence-electron chi connectivity index (χ4n) is 10.9. The summed E-state index contributed by atoms with van der Waals surface area (Å²) in [6, 6.07) is -0.846. The van der Waals surface area contributed by atoms with Crippen molar-refractivity contribution in [1.82, 2.24) is 5.32 Å². The number of phosphoric ester groups is 1. The van der Waals surface area contributed by atoms with Gasteiger partial charge in [0.1, 0.15) is 19.3 Å². The number of unbranched alkanes of at least 4 members (excludes halogenated alkanes) is 47.